The van der Waals surface area contributed by atoms with E-state index in [1.54, 1.807) is 32.4 Å². The molecule has 0 saturated carbocycles. The maximum Gasteiger partial charge on any atom is 0.264 e. The molecule has 1 amide bonds. The first kappa shape index (κ1) is 16.0. The molecule has 0 saturated heterocycles. The van der Waals surface area contributed by atoms with Gasteiger partial charge in [-0.25, -0.2) is 4.98 Å². The molecule has 0 atom stereocenters. The number of hydrogen-bond acceptors (Lipinski definition) is 4. The van der Waals surface area contributed by atoms with Gasteiger partial charge in [-0.05, 0) is 19.1 Å². The lowest BCUT2D eigenvalue weighted by molar-refractivity contribution is 0.0772. The molecule has 2 aromatic heterocycles. The van der Waals surface area contributed by atoms with Crippen molar-refractivity contribution in [3.63, 3.8) is 0 Å². The van der Waals surface area contributed by atoms with Gasteiger partial charge < -0.3 is 14.3 Å². The van der Waals surface area contributed by atoms with E-state index < -0.39 is 5.56 Å². The number of aryl methyl sites for hydroxylation is 1. The summed E-state index contributed by atoms with van der Waals surface area (Å²) in [4.78, 5) is 33.3. The Hall–Kier alpha value is -2.37. The fourth-order valence-corrected chi connectivity index (χ4v) is 2.09. The second-order valence-corrected chi connectivity index (χ2v) is 6.37. The summed E-state index contributed by atoms with van der Waals surface area (Å²) < 4.78 is 5.22. The normalized spacial score (nSPS) is 11.5. The van der Waals surface area contributed by atoms with Gasteiger partial charge in [-0.3, -0.25) is 9.59 Å². The zero-order valence-corrected chi connectivity index (χ0v) is 13.6. The molecule has 1 N–H and O–H groups in total. The molecule has 0 aliphatic carbocycles. The summed E-state index contributed by atoms with van der Waals surface area (Å²) in [5.74, 6) is 0.854. The highest BCUT2D eigenvalue weighted by Crippen LogP contribution is 2.18. The van der Waals surface area contributed by atoms with E-state index in [0.29, 0.717) is 23.8 Å². The smallest absolute Gasteiger partial charge is 0.264 e. The van der Waals surface area contributed by atoms with E-state index in [4.69, 9.17) is 4.42 Å². The van der Waals surface area contributed by atoms with Crippen molar-refractivity contribution < 1.29 is 9.21 Å². The molecule has 2 rings (SSSR count). The second kappa shape index (κ2) is 5.79. The van der Waals surface area contributed by atoms with E-state index in [-0.39, 0.29) is 16.9 Å². The Kier molecular flexibility index (Phi) is 4.21. The number of nitrogens with one attached hydrogen (secondary N) is 1. The van der Waals surface area contributed by atoms with Gasteiger partial charge in [0.25, 0.3) is 11.5 Å². The standard InChI is InChI=1S/C16H21N3O3/c1-10-12(13(20)18-15(17-10)16(2,3)4)14(21)19(5)9-11-7-6-8-22-11/h6-8H,9H2,1-5H3,(H,17,18,20). The van der Waals surface area contributed by atoms with Gasteiger partial charge >= 0.3 is 0 Å². The summed E-state index contributed by atoms with van der Waals surface area (Å²) in [7, 11) is 1.63. The van der Waals surface area contributed by atoms with Crippen molar-refractivity contribution in [2.75, 3.05) is 7.05 Å². The van der Waals surface area contributed by atoms with E-state index in [9.17, 15) is 9.59 Å². The number of aromatic amines is 1. The van der Waals surface area contributed by atoms with Crippen LogP contribution < -0.4 is 5.56 Å². The quantitative estimate of drug-likeness (QED) is 0.943. The minimum Gasteiger partial charge on any atom is -0.467 e. The summed E-state index contributed by atoms with van der Waals surface area (Å²) >= 11 is 0. The molecule has 0 fully saturated rings. The fraction of sp³-hybridized carbons (Fsp3) is 0.438. The van der Waals surface area contributed by atoms with Crippen molar-refractivity contribution >= 4 is 5.91 Å². The SMILES string of the molecule is Cc1nc(C(C)(C)C)[nH]c(=O)c1C(=O)N(C)Cc1ccco1. The number of carbonyl (C=O) groups excluding carboxylic acids is 1. The Morgan fingerprint density at radius 2 is 2.09 bits per heavy atom. The van der Waals surface area contributed by atoms with Crippen LogP contribution in [0.25, 0.3) is 0 Å². The lowest BCUT2D eigenvalue weighted by Crippen LogP contribution is -2.34. The maximum absolute atomic E-state index is 12.5. The van der Waals surface area contributed by atoms with Gasteiger partial charge in [0, 0.05) is 12.5 Å². The molecule has 0 aromatic carbocycles. The first-order valence-electron chi connectivity index (χ1n) is 7.09. The Labute approximate surface area is 129 Å². The zero-order chi connectivity index (χ0) is 16.5. The molecular formula is C16H21N3O3. The minimum atomic E-state index is -0.409. The Morgan fingerprint density at radius 1 is 1.41 bits per heavy atom. The van der Waals surface area contributed by atoms with Gasteiger partial charge in [0.15, 0.2) is 0 Å². The van der Waals surface area contributed by atoms with Gasteiger partial charge in [-0.1, -0.05) is 20.8 Å². The zero-order valence-electron chi connectivity index (χ0n) is 13.6. The molecule has 0 spiro atoms. The molecule has 0 aliphatic heterocycles. The first-order valence-corrected chi connectivity index (χ1v) is 7.09. The maximum atomic E-state index is 12.5. The van der Waals surface area contributed by atoms with Gasteiger partial charge in [-0.2, -0.15) is 0 Å². The minimum absolute atomic E-state index is 0.0713. The van der Waals surface area contributed by atoms with Crippen LogP contribution in [0.15, 0.2) is 27.6 Å². The van der Waals surface area contributed by atoms with Crippen molar-refractivity contribution in [3.8, 4) is 0 Å². The highest BCUT2D eigenvalue weighted by Gasteiger charge is 2.24. The van der Waals surface area contributed by atoms with E-state index >= 15 is 0 Å². The predicted molar refractivity (Wildman–Crippen MR) is 82.8 cm³/mol. The molecule has 0 bridgehead atoms. The van der Waals surface area contributed by atoms with Crippen LogP contribution in [0.2, 0.25) is 0 Å². The highest BCUT2D eigenvalue weighted by molar-refractivity contribution is 5.94. The van der Waals surface area contributed by atoms with Gasteiger partial charge in [-0.15, -0.1) is 0 Å². The first-order chi connectivity index (χ1) is 10.2. The molecule has 2 aromatic rings. The fourth-order valence-electron chi connectivity index (χ4n) is 2.09. The van der Waals surface area contributed by atoms with Crippen LogP contribution in [0.5, 0.6) is 0 Å². The molecular weight excluding hydrogens is 282 g/mol. The average Bonchev–Trinajstić information content (AvgIpc) is 2.89. The number of nitrogens with zero attached hydrogens (tertiary/aromatic N) is 2. The van der Waals surface area contributed by atoms with E-state index in [1.807, 2.05) is 20.8 Å². The topological polar surface area (TPSA) is 79.2 Å². The highest BCUT2D eigenvalue weighted by atomic mass is 16.3. The van der Waals surface area contributed by atoms with Crippen molar-refractivity contribution in [3.05, 3.63) is 51.6 Å². The van der Waals surface area contributed by atoms with Gasteiger partial charge in [0.2, 0.25) is 0 Å². The molecule has 0 unspecified atom stereocenters. The monoisotopic (exact) mass is 303 g/mol. The molecule has 6 nitrogen and oxygen atoms in total. The van der Waals surface area contributed by atoms with Gasteiger partial charge in [0.05, 0.1) is 18.5 Å². The predicted octanol–water partition coefficient (Wildman–Crippen LogP) is 2.24. The van der Waals surface area contributed by atoms with Crippen molar-refractivity contribution in [2.45, 2.75) is 39.7 Å². The average molecular weight is 303 g/mol. The Balaban J connectivity index is 2.32. The molecule has 2 heterocycles. The molecule has 6 heteroatoms. The molecule has 22 heavy (non-hydrogen) atoms. The third kappa shape index (κ3) is 3.27. The van der Waals surface area contributed by atoms with Crippen LogP contribution >= 0.6 is 0 Å². The van der Waals surface area contributed by atoms with Crippen LogP contribution in [0, 0.1) is 6.92 Å². The summed E-state index contributed by atoms with van der Waals surface area (Å²) in [5.41, 5.74) is -0.188. The largest absolute Gasteiger partial charge is 0.467 e. The number of amides is 1. The van der Waals surface area contributed by atoms with Crippen LogP contribution in [-0.2, 0) is 12.0 Å². The van der Waals surface area contributed by atoms with Crippen molar-refractivity contribution in [2.24, 2.45) is 0 Å². The van der Waals surface area contributed by atoms with E-state index in [2.05, 4.69) is 9.97 Å². The number of carbonyl (C=O) groups is 1. The summed E-state index contributed by atoms with van der Waals surface area (Å²) in [5, 5.41) is 0. The van der Waals surface area contributed by atoms with Gasteiger partial charge in [0.1, 0.15) is 17.1 Å². The second-order valence-electron chi connectivity index (χ2n) is 6.37. The molecule has 118 valence electrons. The third-order valence-electron chi connectivity index (χ3n) is 3.34. The number of H-pyrrole nitrogens is 1. The van der Waals surface area contributed by atoms with Crippen LogP contribution in [0.4, 0.5) is 0 Å². The number of furan rings is 1. The lowest BCUT2D eigenvalue weighted by Gasteiger charge is -2.20. The molecule has 0 radical (unpaired) electrons. The number of aromatic nitrogens is 2. The summed E-state index contributed by atoms with van der Waals surface area (Å²) in [6, 6.07) is 3.53. The van der Waals surface area contributed by atoms with Crippen LogP contribution in [0.1, 0.15) is 48.4 Å². The number of hydrogen-bond donors (Lipinski definition) is 1. The summed E-state index contributed by atoms with van der Waals surface area (Å²) in [6.07, 6.45) is 1.55. The Morgan fingerprint density at radius 3 is 2.59 bits per heavy atom. The lowest BCUT2D eigenvalue weighted by atomic mass is 9.95. The third-order valence-corrected chi connectivity index (χ3v) is 3.34. The van der Waals surface area contributed by atoms with Crippen LogP contribution in [-0.4, -0.2) is 27.8 Å². The van der Waals surface area contributed by atoms with E-state index in [1.165, 1.54) is 4.90 Å². The van der Waals surface area contributed by atoms with Crippen molar-refractivity contribution in [1.29, 1.82) is 0 Å². The molecule has 0 aliphatic rings. The van der Waals surface area contributed by atoms with Crippen LogP contribution in [0.3, 0.4) is 0 Å². The number of rotatable bonds is 3. The Bertz CT molecular complexity index is 724. The van der Waals surface area contributed by atoms with Crippen molar-refractivity contribution in [1.82, 2.24) is 14.9 Å². The van der Waals surface area contributed by atoms with E-state index in [0.717, 1.165) is 0 Å². The summed E-state index contributed by atoms with van der Waals surface area (Å²) in [6.45, 7) is 7.84.